The van der Waals surface area contributed by atoms with Crippen molar-refractivity contribution in [2.24, 2.45) is 0 Å². The van der Waals surface area contributed by atoms with Crippen LogP contribution in [-0.2, 0) is 0 Å². The van der Waals surface area contributed by atoms with E-state index >= 15 is 0 Å². The molecule has 3 aromatic rings. The van der Waals surface area contributed by atoms with Gasteiger partial charge in [-0.1, -0.05) is 18.2 Å². The van der Waals surface area contributed by atoms with Gasteiger partial charge in [-0.05, 0) is 40.5 Å². The maximum absolute atomic E-state index is 5.22. The molecular weight excluding hydrogens is 304 g/mol. The summed E-state index contributed by atoms with van der Waals surface area (Å²) in [7, 11) is 1.66. The molecule has 0 spiro atoms. The van der Waals surface area contributed by atoms with E-state index < -0.39 is 0 Å². The van der Waals surface area contributed by atoms with Crippen molar-refractivity contribution in [2.75, 3.05) is 7.11 Å². The Morgan fingerprint density at radius 2 is 2.05 bits per heavy atom. The van der Waals surface area contributed by atoms with E-state index in [-0.39, 0.29) is 0 Å². The number of imidazole rings is 1. The van der Waals surface area contributed by atoms with Gasteiger partial charge < -0.3 is 9.72 Å². The minimum atomic E-state index is 0.825. The molecule has 1 aromatic heterocycles. The van der Waals surface area contributed by atoms with Crippen LogP contribution in [0, 0.1) is 6.92 Å². The summed E-state index contributed by atoms with van der Waals surface area (Å²) in [5, 5.41) is 0. The Labute approximate surface area is 119 Å². The zero-order valence-electron chi connectivity index (χ0n) is 10.7. The van der Waals surface area contributed by atoms with Gasteiger partial charge in [0, 0.05) is 16.1 Å². The number of methoxy groups -OCH3 is 1. The lowest BCUT2D eigenvalue weighted by atomic mass is 10.1. The Morgan fingerprint density at radius 1 is 1.21 bits per heavy atom. The minimum absolute atomic E-state index is 0.825. The average Bonchev–Trinajstić information content (AvgIpc) is 2.84. The molecule has 4 heteroatoms. The summed E-state index contributed by atoms with van der Waals surface area (Å²) in [6.45, 7) is 2.07. The lowest BCUT2D eigenvalue weighted by Crippen LogP contribution is -1.84. The number of hydrogen-bond donors (Lipinski definition) is 1. The molecule has 1 heterocycles. The van der Waals surface area contributed by atoms with Gasteiger partial charge >= 0.3 is 0 Å². The number of aromatic amines is 1. The Morgan fingerprint density at radius 3 is 2.84 bits per heavy atom. The van der Waals surface area contributed by atoms with Gasteiger partial charge in [-0.15, -0.1) is 0 Å². The van der Waals surface area contributed by atoms with Crippen LogP contribution in [0.2, 0.25) is 0 Å². The topological polar surface area (TPSA) is 37.9 Å². The van der Waals surface area contributed by atoms with Crippen molar-refractivity contribution in [1.82, 2.24) is 9.97 Å². The number of H-pyrrole nitrogens is 1. The molecule has 0 saturated heterocycles. The number of aromatic nitrogens is 2. The van der Waals surface area contributed by atoms with Gasteiger partial charge in [-0.2, -0.15) is 0 Å². The number of halogens is 1. The molecule has 0 aliphatic heterocycles. The molecule has 3 nitrogen and oxygen atoms in total. The summed E-state index contributed by atoms with van der Waals surface area (Å²) < 4.78 is 6.29. The molecule has 3 rings (SSSR count). The number of aryl methyl sites for hydroxylation is 1. The minimum Gasteiger partial charge on any atom is -0.497 e. The highest BCUT2D eigenvalue weighted by Gasteiger charge is 2.10. The van der Waals surface area contributed by atoms with Crippen LogP contribution in [0.4, 0.5) is 0 Å². The molecule has 19 heavy (non-hydrogen) atoms. The third-order valence-corrected chi connectivity index (χ3v) is 4.19. The summed E-state index contributed by atoms with van der Waals surface area (Å²) in [6.07, 6.45) is 0. The van der Waals surface area contributed by atoms with Crippen molar-refractivity contribution in [3.8, 4) is 17.1 Å². The normalized spacial score (nSPS) is 10.9. The number of benzene rings is 2. The van der Waals surface area contributed by atoms with Gasteiger partial charge in [-0.25, -0.2) is 4.98 Å². The Bertz CT molecular complexity index is 749. The highest BCUT2D eigenvalue weighted by atomic mass is 79.9. The van der Waals surface area contributed by atoms with E-state index in [9.17, 15) is 0 Å². The Balaban J connectivity index is 2.18. The summed E-state index contributed by atoms with van der Waals surface area (Å²) in [5.41, 5.74) is 4.16. The van der Waals surface area contributed by atoms with Crippen LogP contribution in [0.5, 0.6) is 5.75 Å². The fourth-order valence-corrected chi connectivity index (χ4v) is 2.53. The fraction of sp³-hybridized carbons (Fsp3) is 0.133. The first-order valence-electron chi connectivity index (χ1n) is 5.98. The zero-order valence-corrected chi connectivity index (χ0v) is 12.3. The second-order valence-corrected chi connectivity index (χ2v) is 5.20. The van der Waals surface area contributed by atoms with Crippen LogP contribution in [-0.4, -0.2) is 17.1 Å². The van der Waals surface area contributed by atoms with Gasteiger partial charge in [0.1, 0.15) is 11.6 Å². The highest BCUT2D eigenvalue weighted by Crippen LogP contribution is 2.30. The first-order chi connectivity index (χ1) is 9.19. The second kappa shape index (κ2) is 4.70. The van der Waals surface area contributed by atoms with E-state index in [0.29, 0.717) is 0 Å². The lowest BCUT2D eigenvalue weighted by Gasteiger charge is -2.03. The van der Waals surface area contributed by atoms with Crippen molar-refractivity contribution in [3.05, 3.63) is 46.4 Å². The highest BCUT2D eigenvalue weighted by molar-refractivity contribution is 9.10. The fourth-order valence-electron chi connectivity index (χ4n) is 2.07. The first kappa shape index (κ1) is 12.2. The van der Waals surface area contributed by atoms with Crippen LogP contribution in [0.3, 0.4) is 0 Å². The number of hydrogen-bond acceptors (Lipinski definition) is 2. The predicted octanol–water partition coefficient (Wildman–Crippen LogP) is 4.31. The van der Waals surface area contributed by atoms with Gasteiger partial charge in [-0.3, -0.25) is 0 Å². The van der Waals surface area contributed by atoms with Gasteiger partial charge in [0.25, 0.3) is 0 Å². The van der Waals surface area contributed by atoms with Gasteiger partial charge in [0.15, 0.2) is 0 Å². The van der Waals surface area contributed by atoms with Crippen molar-refractivity contribution >= 4 is 27.0 Å². The molecule has 96 valence electrons. The number of fused-ring (bicyclic) bond motifs is 1. The third-order valence-electron chi connectivity index (χ3n) is 3.14. The molecule has 1 N–H and O–H groups in total. The molecule has 2 aromatic carbocycles. The third kappa shape index (κ3) is 2.12. The Kier molecular flexibility index (Phi) is 3.03. The van der Waals surface area contributed by atoms with E-state index in [4.69, 9.17) is 4.74 Å². The lowest BCUT2D eigenvalue weighted by molar-refractivity contribution is 0.415. The monoisotopic (exact) mass is 316 g/mol. The van der Waals surface area contributed by atoms with Crippen molar-refractivity contribution in [1.29, 1.82) is 0 Å². The molecular formula is C15H13BrN2O. The molecule has 0 saturated carbocycles. The number of rotatable bonds is 2. The van der Waals surface area contributed by atoms with Crippen LogP contribution in [0.25, 0.3) is 22.4 Å². The quantitative estimate of drug-likeness (QED) is 0.765. The van der Waals surface area contributed by atoms with E-state index in [1.165, 1.54) is 5.56 Å². The number of ether oxygens (including phenoxy) is 1. The molecule has 0 unspecified atom stereocenters. The SMILES string of the molecule is COc1ccc2nc(-c3cccc(C)c3Br)[nH]c2c1. The van der Waals surface area contributed by atoms with E-state index in [0.717, 1.165) is 32.6 Å². The summed E-state index contributed by atoms with van der Waals surface area (Å²) in [4.78, 5) is 7.95. The van der Waals surface area contributed by atoms with Crippen LogP contribution < -0.4 is 4.74 Å². The Hall–Kier alpha value is -1.81. The molecule has 0 amide bonds. The second-order valence-electron chi connectivity index (χ2n) is 4.40. The summed E-state index contributed by atoms with van der Waals surface area (Å²) in [6, 6.07) is 12.0. The molecule has 0 atom stereocenters. The van der Waals surface area contributed by atoms with E-state index in [1.54, 1.807) is 7.11 Å². The van der Waals surface area contributed by atoms with Crippen LogP contribution >= 0.6 is 15.9 Å². The van der Waals surface area contributed by atoms with Crippen molar-refractivity contribution in [3.63, 3.8) is 0 Å². The summed E-state index contributed by atoms with van der Waals surface area (Å²) in [5.74, 6) is 1.69. The maximum Gasteiger partial charge on any atom is 0.139 e. The van der Waals surface area contributed by atoms with E-state index in [1.807, 2.05) is 30.3 Å². The van der Waals surface area contributed by atoms with Crippen LogP contribution in [0.1, 0.15) is 5.56 Å². The van der Waals surface area contributed by atoms with Gasteiger partial charge in [0.2, 0.25) is 0 Å². The maximum atomic E-state index is 5.22. The number of nitrogens with one attached hydrogen (secondary N) is 1. The first-order valence-corrected chi connectivity index (χ1v) is 6.77. The molecule has 0 fully saturated rings. The van der Waals surface area contributed by atoms with Gasteiger partial charge in [0.05, 0.1) is 18.1 Å². The predicted molar refractivity (Wildman–Crippen MR) is 80.5 cm³/mol. The smallest absolute Gasteiger partial charge is 0.139 e. The van der Waals surface area contributed by atoms with Crippen molar-refractivity contribution in [2.45, 2.75) is 6.92 Å². The standard InChI is InChI=1S/C15H13BrN2O/c1-9-4-3-5-11(14(9)16)15-17-12-7-6-10(19-2)8-13(12)18-15/h3-8H,1-2H3,(H,17,18). The zero-order chi connectivity index (χ0) is 13.4. The molecule has 0 radical (unpaired) electrons. The van der Waals surface area contributed by atoms with Crippen LogP contribution in [0.15, 0.2) is 40.9 Å². The van der Waals surface area contributed by atoms with Crippen molar-refractivity contribution < 1.29 is 4.74 Å². The van der Waals surface area contributed by atoms with E-state index in [2.05, 4.69) is 38.9 Å². The molecule has 0 aliphatic carbocycles. The largest absolute Gasteiger partial charge is 0.497 e. The number of nitrogens with zero attached hydrogens (tertiary/aromatic N) is 1. The molecule has 0 aliphatic rings. The molecule has 0 bridgehead atoms. The average molecular weight is 317 g/mol. The summed E-state index contributed by atoms with van der Waals surface area (Å²) >= 11 is 3.62.